The van der Waals surface area contributed by atoms with E-state index < -0.39 is 0 Å². The second kappa shape index (κ2) is 7.74. The van der Waals surface area contributed by atoms with Gasteiger partial charge < -0.3 is 9.47 Å². The number of methoxy groups -OCH3 is 2. The third-order valence-corrected chi connectivity index (χ3v) is 5.14. The molecule has 0 bridgehead atoms. The Hall–Kier alpha value is -2.60. The molecule has 0 spiro atoms. The molecule has 0 saturated carbocycles. The quantitative estimate of drug-likeness (QED) is 0.582. The van der Waals surface area contributed by atoms with Gasteiger partial charge >= 0.3 is 0 Å². The molecule has 0 radical (unpaired) electrons. The van der Waals surface area contributed by atoms with Crippen molar-refractivity contribution in [2.45, 2.75) is 25.8 Å². The van der Waals surface area contributed by atoms with Gasteiger partial charge in [-0.25, -0.2) is 0 Å². The number of hydrogen-bond donors (Lipinski definition) is 0. The molecule has 1 unspecified atom stereocenters. The molecular weight excluding hydrogens is 332 g/mol. The largest absolute Gasteiger partial charge is 0.493 e. The summed E-state index contributed by atoms with van der Waals surface area (Å²) >= 11 is 0. The predicted molar refractivity (Wildman–Crippen MR) is 100 cm³/mol. The highest BCUT2D eigenvalue weighted by atomic mass is 16.6. The normalized spacial score (nSPS) is 16.8. The molecule has 6 heteroatoms. The Kier molecular flexibility index (Phi) is 5.42. The predicted octanol–water partition coefficient (Wildman–Crippen LogP) is 3.77. The van der Waals surface area contributed by atoms with Crippen LogP contribution < -0.4 is 9.47 Å². The van der Waals surface area contributed by atoms with Gasteiger partial charge in [-0.05, 0) is 37.0 Å². The summed E-state index contributed by atoms with van der Waals surface area (Å²) in [6.07, 6.45) is 1.82. The lowest BCUT2D eigenvalue weighted by Crippen LogP contribution is -2.35. The summed E-state index contributed by atoms with van der Waals surface area (Å²) in [6.45, 7) is 4.06. The van der Waals surface area contributed by atoms with Crippen LogP contribution in [-0.2, 0) is 12.8 Å². The third-order valence-electron chi connectivity index (χ3n) is 5.14. The molecule has 1 aliphatic heterocycles. The second-order valence-electron chi connectivity index (χ2n) is 6.51. The molecule has 1 heterocycles. The summed E-state index contributed by atoms with van der Waals surface area (Å²) in [6, 6.07) is 11.1. The van der Waals surface area contributed by atoms with Crippen molar-refractivity contribution < 1.29 is 14.4 Å². The van der Waals surface area contributed by atoms with Crippen molar-refractivity contribution in [1.82, 2.24) is 4.90 Å². The van der Waals surface area contributed by atoms with Crippen LogP contribution in [0.1, 0.15) is 29.7 Å². The van der Waals surface area contributed by atoms with Gasteiger partial charge in [-0.1, -0.05) is 18.2 Å². The molecule has 0 amide bonds. The summed E-state index contributed by atoms with van der Waals surface area (Å²) < 4.78 is 11.1. The maximum absolute atomic E-state index is 10.8. The van der Waals surface area contributed by atoms with Crippen LogP contribution in [0.5, 0.6) is 11.5 Å². The molecule has 138 valence electrons. The highest BCUT2D eigenvalue weighted by Crippen LogP contribution is 2.41. The highest BCUT2D eigenvalue weighted by Gasteiger charge is 2.28. The van der Waals surface area contributed by atoms with Gasteiger partial charge in [0.05, 0.1) is 19.1 Å². The molecule has 1 atom stereocenters. The van der Waals surface area contributed by atoms with Crippen molar-refractivity contribution in [3.63, 3.8) is 0 Å². The molecule has 6 nitrogen and oxygen atoms in total. The minimum Gasteiger partial charge on any atom is -0.493 e. The van der Waals surface area contributed by atoms with Gasteiger partial charge in [-0.3, -0.25) is 15.0 Å². The van der Waals surface area contributed by atoms with Gasteiger partial charge in [-0.15, -0.1) is 0 Å². The maximum atomic E-state index is 10.8. The fourth-order valence-corrected chi connectivity index (χ4v) is 3.67. The van der Waals surface area contributed by atoms with Crippen molar-refractivity contribution in [1.29, 1.82) is 0 Å². The van der Waals surface area contributed by atoms with E-state index in [1.165, 1.54) is 11.1 Å². The fraction of sp³-hybridized carbons (Fsp3) is 0.400. The number of nitrogens with zero attached hydrogens (tertiary/aromatic N) is 2. The highest BCUT2D eigenvalue weighted by molar-refractivity contribution is 5.53. The number of benzene rings is 2. The summed E-state index contributed by atoms with van der Waals surface area (Å²) in [5.74, 6) is 1.58. The zero-order valence-corrected chi connectivity index (χ0v) is 15.4. The number of ether oxygens (including phenoxy) is 2. The summed E-state index contributed by atoms with van der Waals surface area (Å²) in [5.41, 5.74) is 3.74. The van der Waals surface area contributed by atoms with E-state index in [2.05, 4.69) is 17.9 Å². The molecule has 0 aliphatic carbocycles. The second-order valence-corrected chi connectivity index (χ2v) is 6.51. The minimum atomic E-state index is -0.368. The van der Waals surface area contributed by atoms with Crippen molar-refractivity contribution >= 4 is 5.69 Å². The molecule has 0 fully saturated rings. The van der Waals surface area contributed by atoms with Gasteiger partial charge in [0.25, 0.3) is 5.69 Å². The zero-order chi connectivity index (χ0) is 18.7. The van der Waals surface area contributed by atoms with Gasteiger partial charge in [0.1, 0.15) is 0 Å². The minimum absolute atomic E-state index is 0.130. The van der Waals surface area contributed by atoms with Crippen LogP contribution in [0.3, 0.4) is 0 Å². The number of rotatable bonds is 6. The van der Waals surface area contributed by atoms with E-state index in [1.54, 1.807) is 26.4 Å². The van der Waals surface area contributed by atoms with Crippen molar-refractivity contribution in [3.8, 4) is 11.5 Å². The number of nitro benzene ring substituents is 1. The first-order chi connectivity index (χ1) is 12.5. The first-order valence-electron chi connectivity index (χ1n) is 8.76. The fourth-order valence-electron chi connectivity index (χ4n) is 3.67. The molecule has 1 aliphatic rings. The zero-order valence-electron chi connectivity index (χ0n) is 15.4. The van der Waals surface area contributed by atoms with Crippen molar-refractivity contribution in [2.75, 3.05) is 27.3 Å². The van der Waals surface area contributed by atoms with Crippen LogP contribution in [0, 0.1) is 10.1 Å². The van der Waals surface area contributed by atoms with E-state index in [0.29, 0.717) is 0 Å². The smallest absolute Gasteiger partial charge is 0.269 e. The average Bonchev–Trinajstić information content (AvgIpc) is 2.66. The standard InChI is InChI=1S/C20H24N2O4/c1-14-19-16(6-9-18(25-2)20(19)26-3)11-13-21(14)12-10-15-4-7-17(8-5-15)22(23)24/h4-9,14H,10-13H2,1-3H3. The topological polar surface area (TPSA) is 64.8 Å². The molecular formula is C20H24N2O4. The van der Waals surface area contributed by atoms with Crippen LogP contribution in [0.4, 0.5) is 5.69 Å². The summed E-state index contributed by atoms with van der Waals surface area (Å²) in [4.78, 5) is 12.8. The Morgan fingerprint density at radius 2 is 1.88 bits per heavy atom. The van der Waals surface area contributed by atoms with Crippen molar-refractivity contribution in [3.05, 3.63) is 63.2 Å². The Labute approximate surface area is 153 Å². The lowest BCUT2D eigenvalue weighted by atomic mass is 9.91. The van der Waals surface area contributed by atoms with Crippen LogP contribution in [-0.4, -0.2) is 37.1 Å². The maximum Gasteiger partial charge on any atom is 0.269 e. The Balaban J connectivity index is 1.74. The van der Waals surface area contributed by atoms with Crippen LogP contribution in [0.2, 0.25) is 0 Å². The van der Waals surface area contributed by atoms with E-state index >= 15 is 0 Å². The first kappa shape index (κ1) is 18.2. The first-order valence-corrected chi connectivity index (χ1v) is 8.76. The third kappa shape index (κ3) is 3.51. The van der Waals surface area contributed by atoms with Crippen LogP contribution >= 0.6 is 0 Å². The molecule has 2 aromatic rings. The Bertz CT molecular complexity index is 789. The van der Waals surface area contributed by atoms with E-state index in [0.717, 1.165) is 43.0 Å². The number of nitro groups is 1. The molecule has 26 heavy (non-hydrogen) atoms. The lowest BCUT2D eigenvalue weighted by molar-refractivity contribution is -0.384. The lowest BCUT2D eigenvalue weighted by Gasteiger charge is -2.36. The molecule has 3 rings (SSSR count). The van der Waals surface area contributed by atoms with E-state index in [4.69, 9.17) is 9.47 Å². The number of fused-ring (bicyclic) bond motifs is 1. The molecule has 2 aromatic carbocycles. The molecule has 0 N–H and O–H groups in total. The van der Waals surface area contributed by atoms with Crippen LogP contribution in [0.15, 0.2) is 36.4 Å². The Morgan fingerprint density at radius 3 is 2.50 bits per heavy atom. The van der Waals surface area contributed by atoms with Gasteiger partial charge in [0.2, 0.25) is 0 Å². The van der Waals surface area contributed by atoms with Gasteiger partial charge in [0, 0.05) is 36.8 Å². The summed E-state index contributed by atoms with van der Waals surface area (Å²) in [5, 5.41) is 10.8. The van der Waals surface area contributed by atoms with Crippen LogP contribution in [0.25, 0.3) is 0 Å². The average molecular weight is 356 g/mol. The number of hydrogen-bond acceptors (Lipinski definition) is 5. The number of non-ortho nitro benzene ring substituents is 1. The van der Waals surface area contributed by atoms with Gasteiger partial charge in [0.15, 0.2) is 11.5 Å². The van der Waals surface area contributed by atoms with E-state index in [1.807, 2.05) is 18.2 Å². The van der Waals surface area contributed by atoms with E-state index in [-0.39, 0.29) is 16.7 Å². The molecule has 0 aromatic heterocycles. The summed E-state index contributed by atoms with van der Waals surface area (Å²) in [7, 11) is 3.34. The monoisotopic (exact) mass is 356 g/mol. The SMILES string of the molecule is COc1ccc2c(c1OC)C(C)N(CCc1ccc([N+](=O)[O-])cc1)CC2. The van der Waals surface area contributed by atoms with Crippen molar-refractivity contribution in [2.24, 2.45) is 0 Å². The molecule has 0 saturated heterocycles. The van der Waals surface area contributed by atoms with Gasteiger partial charge in [-0.2, -0.15) is 0 Å². The Morgan fingerprint density at radius 1 is 1.15 bits per heavy atom. The van der Waals surface area contributed by atoms with E-state index in [9.17, 15) is 10.1 Å².